The summed E-state index contributed by atoms with van der Waals surface area (Å²) in [7, 11) is 0. The second-order valence-corrected chi connectivity index (χ2v) is 7.20. The fraction of sp³-hybridized carbons (Fsp3) is 0.682. The van der Waals surface area contributed by atoms with Crippen molar-refractivity contribution in [3.8, 4) is 6.07 Å². The Morgan fingerprint density at radius 3 is 2.17 bits per heavy atom. The van der Waals surface area contributed by atoms with E-state index in [1.54, 1.807) is 0 Å². The molecule has 0 atom stereocenters. The molecule has 1 aromatic carbocycles. The molecule has 2 heteroatoms. The molecule has 0 spiro atoms. The van der Waals surface area contributed by atoms with E-state index in [9.17, 15) is 0 Å². The van der Waals surface area contributed by atoms with Crippen LogP contribution in [0.25, 0.3) is 0 Å². The third-order valence-corrected chi connectivity index (χ3v) is 5.29. The van der Waals surface area contributed by atoms with Gasteiger partial charge in [-0.25, -0.2) is 0 Å². The van der Waals surface area contributed by atoms with Crippen LogP contribution in [-0.2, 0) is 4.74 Å². The van der Waals surface area contributed by atoms with Gasteiger partial charge in [0.05, 0.1) is 17.7 Å². The first-order valence-corrected chi connectivity index (χ1v) is 9.95. The summed E-state index contributed by atoms with van der Waals surface area (Å²) < 4.78 is 6.09. The van der Waals surface area contributed by atoms with Crippen molar-refractivity contribution in [2.45, 2.75) is 89.6 Å². The van der Waals surface area contributed by atoms with Crippen LogP contribution in [0.4, 0.5) is 0 Å². The van der Waals surface area contributed by atoms with E-state index in [2.05, 4.69) is 25.1 Å². The van der Waals surface area contributed by atoms with Crippen LogP contribution in [0, 0.1) is 11.3 Å². The van der Waals surface area contributed by atoms with Crippen LogP contribution >= 0.6 is 0 Å². The first kappa shape index (κ1) is 19.0. The van der Waals surface area contributed by atoms with Crippen molar-refractivity contribution in [2.75, 3.05) is 6.61 Å². The normalized spacial score (nSPS) is 20.7. The fourth-order valence-corrected chi connectivity index (χ4v) is 3.70. The van der Waals surface area contributed by atoms with Gasteiger partial charge in [-0.1, -0.05) is 57.6 Å². The van der Waals surface area contributed by atoms with E-state index < -0.39 is 0 Å². The molecule has 0 unspecified atom stereocenters. The molecule has 0 saturated heterocycles. The molecule has 1 saturated carbocycles. The maximum Gasteiger partial charge on any atom is 0.0991 e. The smallest absolute Gasteiger partial charge is 0.0991 e. The number of unbranched alkanes of at least 4 members (excludes halogenated alkanes) is 6. The van der Waals surface area contributed by atoms with E-state index in [1.165, 1.54) is 76.2 Å². The monoisotopic (exact) mass is 327 g/mol. The van der Waals surface area contributed by atoms with Gasteiger partial charge in [-0.3, -0.25) is 0 Å². The van der Waals surface area contributed by atoms with Gasteiger partial charge in [0.15, 0.2) is 0 Å². The first-order valence-electron chi connectivity index (χ1n) is 9.95. The molecule has 0 heterocycles. The topological polar surface area (TPSA) is 33.0 Å². The number of rotatable bonds is 10. The minimum atomic E-state index is 0.472. The number of ether oxygens (including phenoxy) is 1. The van der Waals surface area contributed by atoms with E-state index in [1.807, 2.05) is 12.1 Å². The third-order valence-electron chi connectivity index (χ3n) is 5.29. The predicted molar refractivity (Wildman–Crippen MR) is 100 cm³/mol. The predicted octanol–water partition coefficient (Wildman–Crippen LogP) is 6.35. The Labute approximate surface area is 148 Å². The summed E-state index contributed by atoms with van der Waals surface area (Å²) in [5.74, 6) is 0.649. The molecular weight excluding hydrogens is 294 g/mol. The standard InChI is InChI=1S/C22H33NO/c1-2-3-4-5-6-7-8-17-24-22-15-13-21(14-16-22)20-11-9-19(18-23)10-12-20/h9-12,21-22H,2-8,13-17H2,1H3. The summed E-state index contributed by atoms with van der Waals surface area (Å²) in [6, 6.07) is 10.3. The van der Waals surface area contributed by atoms with E-state index in [4.69, 9.17) is 10.00 Å². The lowest BCUT2D eigenvalue weighted by Gasteiger charge is -2.29. The van der Waals surface area contributed by atoms with Crippen LogP contribution < -0.4 is 0 Å². The number of hydrogen-bond donors (Lipinski definition) is 0. The summed E-state index contributed by atoms with van der Waals surface area (Å²) in [5, 5.41) is 8.88. The number of hydrogen-bond acceptors (Lipinski definition) is 2. The molecule has 0 N–H and O–H groups in total. The molecule has 132 valence electrons. The maximum absolute atomic E-state index is 8.88. The van der Waals surface area contributed by atoms with Crippen molar-refractivity contribution < 1.29 is 4.74 Å². The van der Waals surface area contributed by atoms with Crippen molar-refractivity contribution in [2.24, 2.45) is 0 Å². The highest BCUT2D eigenvalue weighted by Crippen LogP contribution is 2.34. The lowest BCUT2D eigenvalue weighted by atomic mass is 9.82. The van der Waals surface area contributed by atoms with E-state index in [-0.39, 0.29) is 0 Å². The Hall–Kier alpha value is -1.33. The van der Waals surface area contributed by atoms with E-state index in [0.29, 0.717) is 12.0 Å². The molecule has 2 nitrogen and oxygen atoms in total. The zero-order valence-electron chi connectivity index (χ0n) is 15.3. The minimum absolute atomic E-state index is 0.472. The maximum atomic E-state index is 8.88. The van der Waals surface area contributed by atoms with Gasteiger partial charge in [-0.05, 0) is 55.7 Å². The molecule has 0 aromatic heterocycles. The Balaban J connectivity index is 1.55. The zero-order chi connectivity index (χ0) is 17.0. The largest absolute Gasteiger partial charge is 0.378 e. The number of nitriles is 1. The van der Waals surface area contributed by atoms with Gasteiger partial charge < -0.3 is 4.74 Å². The van der Waals surface area contributed by atoms with Crippen LogP contribution in [0.5, 0.6) is 0 Å². The van der Waals surface area contributed by atoms with E-state index >= 15 is 0 Å². The van der Waals surface area contributed by atoms with Gasteiger partial charge in [0.1, 0.15) is 0 Å². The second-order valence-electron chi connectivity index (χ2n) is 7.20. The average molecular weight is 328 g/mol. The summed E-state index contributed by atoms with van der Waals surface area (Å²) in [5.41, 5.74) is 2.14. The SMILES string of the molecule is CCCCCCCCCOC1CCC(c2ccc(C#N)cc2)CC1. The quantitative estimate of drug-likeness (QED) is 0.469. The van der Waals surface area contributed by atoms with Gasteiger partial charge in [-0.2, -0.15) is 5.26 Å². The Morgan fingerprint density at radius 1 is 0.917 bits per heavy atom. The molecule has 1 aliphatic carbocycles. The Kier molecular flexibility index (Phi) is 8.92. The number of benzene rings is 1. The van der Waals surface area contributed by atoms with Crippen molar-refractivity contribution in [3.05, 3.63) is 35.4 Å². The minimum Gasteiger partial charge on any atom is -0.378 e. The van der Waals surface area contributed by atoms with E-state index in [0.717, 1.165) is 12.2 Å². The van der Waals surface area contributed by atoms with Crippen LogP contribution in [0.1, 0.15) is 94.6 Å². The van der Waals surface area contributed by atoms with Crippen molar-refractivity contribution in [1.82, 2.24) is 0 Å². The molecule has 0 aliphatic heterocycles. The molecule has 0 bridgehead atoms. The summed E-state index contributed by atoms with van der Waals surface area (Å²) in [4.78, 5) is 0. The molecule has 1 fully saturated rings. The van der Waals surface area contributed by atoms with Gasteiger partial charge in [0.2, 0.25) is 0 Å². The Bertz CT molecular complexity index is 480. The lowest BCUT2D eigenvalue weighted by molar-refractivity contribution is 0.0226. The van der Waals surface area contributed by atoms with Crippen LogP contribution in [0.15, 0.2) is 24.3 Å². The highest BCUT2D eigenvalue weighted by molar-refractivity contribution is 5.33. The van der Waals surface area contributed by atoms with Gasteiger partial charge >= 0.3 is 0 Å². The van der Waals surface area contributed by atoms with Crippen LogP contribution in [0.2, 0.25) is 0 Å². The van der Waals surface area contributed by atoms with Crippen molar-refractivity contribution in [3.63, 3.8) is 0 Å². The molecule has 0 radical (unpaired) electrons. The highest BCUT2D eigenvalue weighted by Gasteiger charge is 2.22. The lowest BCUT2D eigenvalue weighted by Crippen LogP contribution is -2.21. The van der Waals surface area contributed by atoms with Crippen LogP contribution in [-0.4, -0.2) is 12.7 Å². The van der Waals surface area contributed by atoms with Gasteiger partial charge in [0.25, 0.3) is 0 Å². The molecule has 24 heavy (non-hydrogen) atoms. The summed E-state index contributed by atoms with van der Waals surface area (Å²) >= 11 is 0. The molecule has 2 rings (SSSR count). The summed E-state index contributed by atoms with van der Waals surface area (Å²) in [6.07, 6.45) is 14.7. The van der Waals surface area contributed by atoms with Gasteiger partial charge in [0, 0.05) is 6.61 Å². The van der Waals surface area contributed by atoms with Crippen LogP contribution in [0.3, 0.4) is 0 Å². The molecule has 0 amide bonds. The van der Waals surface area contributed by atoms with Crippen molar-refractivity contribution in [1.29, 1.82) is 5.26 Å². The van der Waals surface area contributed by atoms with Gasteiger partial charge in [-0.15, -0.1) is 0 Å². The first-order chi connectivity index (χ1) is 11.8. The third kappa shape index (κ3) is 6.65. The Morgan fingerprint density at radius 2 is 1.54 bits per heavy atom. The average Bonchev–Trinajstić information content (AvgIpc) is 2.64. The van der Waals surface area contributed by atoms with Crippen molar-refractivity contribution >= 4 is 0 Å². The summed E-state index contributed by atoms with van der Waals surface area (Å²) in [6.45, 7) is 3.21. The zero-order valence-corrected chi connectivity index (χ0v) is 15.3. The number of nitrogens with zero attached hydrogens (tertiary/aromatic N) is 1. The molecular formula is C22H33NO. The molecule has 1 aromatic rings. The second kappa shape index (κ2) is 11.3. The molecule has 1 aliphatic rings. The fourth-order valence-electron chi connectivity index (χ4n) is 3.70. The highest BCUT2D eigenvalue weighted by atomic mass is 16.5.